The molecular weight excluding hydrogens is 300 g/mol. The summed E-state index contributed by atoms with van der Waals surface area (Å²) in [4.78, 5) is 10.4. The van der Waals surface area contributed by atoms with Gasteiger partial charge in [0.15, 0.2) is 5.76 Å². The van der Waals surface area contributed by atoms with Gasteiger partial charge in [0.25, 0.3) is 0 Å². The predicted octanol–water partition coefficient (Wildman–Crippen LogP) is 7.16. The molecule has 0 aliphatic rings. The van der Waals surface area contributed by atoms with Crippen LogP contribution in [0.4, 0.5) is 0 Å². The average Bonchev–Trinajstić information content (AvgIpc) is 2.57. The Balaban J connectivity index is 3.10. The quantitative estimate of drug-likeness (QED) is 0.158. The maximum atomic E-state index is 10.4. The van der Waals surface area contributed by atoms with Crippen molar-refractivity contribution in [1.29, 1.82) is 0 Å². The highest BCUT2D eigenvalue weighted by Crippen LogP contribution is 2.14. The molecule has 2 N–H and O–H groups in total. The van der Waals surface area contributed by atoms with Gasteiger partial charge in [-0.1, -0.05) is 103 Å². The van der Waals surface area contributed by atoms with Gasteiger partial charge in [-0.3, -0.25) is 0 Å². The zero-order chi connectivity index (χ0) is 17.9. The van der Waals surface area contributed by atoms with E-state index in [1.165, 1.54) is 96.0 Å². The molecule has 3 nitrogen and oxygen atoms in total. The highest BCUT2D eigenvalue weighted by molar-refractivity contribution is 5.83. The Hall–Kier alpha value is -0.990. The average molecular weight is 341 g/mol. The van der Waals surface area contributed by atoms with Crippen molar-refractivity contribution in [1.82, 2.24) is 0 Å². The Bertz CT molecular complexity index is 310. The van der Waals surface area contributed by atoms with Crippen LogP contribution in [0.1, 0.15) is 116 Å². The summed E-state index contributed by atoms with van der Waals surface area (Å²) in [5.74, 6) is -1.75. The summed E-state index contributed by atoms with van der Waals surface area (Å²) in [5, 5.41) is 17.5. The number of aliphatic hydroxyl groups is 1. The first-order valence-corrected chi connectivity index (χ1v) is 10.3. The Morgan fingerprint density at radius 1 is 0.625 bits per heavy atom. The van der Waals surface area contributed by atoms with E-state index in [4.69, 9.17) is 10.2 Å². The van der Waals surface area contributed by atoms with Gasteiger partial charge in [0.2, 0.25) is 0 Å². The molecule has 0 fully saturated rings. The minimum Gasteiger partial charge on any atom is -0.502 e. The first-order chi connectivity index (χ1) is 11.7. The van der Waals surface area contributed by atoms with E-state index in [9.17, 15) is 4.79 Å². The van der Waals surface area contributed by atoms with Crippen LogP contribution in [0.5, 0.6) is 0 Å². The molecule has 0 saturated heterocycles. The van der Waals surface area contributed by atoms with E-state index in [0.29, 0.717) is 6.42 Å². The second-order valence-electron chi connectivity index (χ2n) is 6.99. The Morgan fingerprint density at radius 3 is 1.29 bits per heavy atom. The summed E-state index contributed by atoms with van der Waals surface area (Å²) in [6.07, 6.45) is 23.4. The van der Waals surface area contributed by atoms with Gasteiger partial charge in [-0.15, -0.1) is 0 Å². The van der Waals surface area contributed by atoms with Crippen LogP contribution in [-0.2, 0) is 4.79 Å². The molecule has 0 unspecified atom stereocenters. The van der Waals surface area contributed by atoms with Crippen molar-refractivity contribution < 1.29 is 15.0 Å². The van der Waals surface area contributed by atoms with E-state index in [1.54, 1.807) is 0 Å². The zero-order valence-corrected chi connectivity index (χ0v) is 15.9. The molecule has 0 aliphatic carbocycles. The highest BCUT2D eigenvalue weighted by atomic mass is 16.4. The molecule has 0 aromatic rings. The first-order valence-electron chi connectivity index (χ1n) is 10.3. The molecule has 142 valence electrons. The molecule has 0 aliphatic heterocycles. The zero-order valence-electron chi connectivity index (χ0n) is 15.9. The van der Waals surface area contributed by atoms with Crippen molar-refractivity contribution >= 4 is 5.97 Å². The van der Waals surface area contributed by atoms with Gasteiger partial charge in [0.1, 0.15) is 0 Å². The fourth-order valence-electron chi connectivity index (χ4n) is 3.02. The van der Waals surface area contributed by atoms with E-state index in [2.05, 4.69) is 6.92 Å². The number of carbonyl (C=O) groups is 1. The Morgan fingerprint density at radius 2 is 0.958 bits per heavy atom. The van der Waals surface area contributed by atoms with Crippen LogP contribution in [0, 0.1) is 0 Å². The Labute approximate surface area is 149 Å². The summed E-state index contributed by atoms with van der Waals surface area (Å²) in [6.45, 7) is 2.27. The summed E-state index contributed by atoms with van der Waals surface area (Å²) < 4.78 is 0. The van der Waals surface area contributed by atoms with Gasteiger partial charge >= 0.3 is 5.97 Å². The van der Waals surface area contributed by atoms with E-state index in [1.807, 2.05) is 0 Å². The second kappa shape index (κ2) is 18.4. The standard InChI is InChI=1S/C21H40O3/c1-2-3-4-5-6-7-8-9-10-11-12-13-14-15-16-17-18-19-20(22)21(23)24/h19,22H,2-18H2,1H3,(H,23,24). The molecule has 0 saturated carbocycles. The van der Waals surface area contributed by atoms with E-state index in [0.717, 1.165) is 12.8 Å². The number of unbranched alkanes of at least 4 members (excludes halogenated alkanes) is 16. The topological polar surface area (TPSA) is 57.5 Å². The molecule has 3 heteroatoms. The maximum Gasteiger partial charge on any atom is 0.370 e. The normalized spacial score (nSPS) is 11.8. The molecular formula is C21H40O3. The van der Waals surface area contributed by atoms with Gasteiger partial charge in [0.05, 0.1) is 0 Å². The minimum absolute atomic E-state index is 0.518. The number of hydrogen-bond donors (Lipinski definition) is 2. The monoisotopic (exact) mass is 340 g/mol. The van der Waals surface area contributed by atoms with Crippen molar-refractivity contribution in [2.75, 3.05) is 0 Å². The lowest BCUT2D eigenvalue weighted by atomic mass is 10.0. The highest BCUT2D eigenvalue weighted by Gasteiger charge is 2.01. The van der Waals surface area contributed by atoms with Crippen LogP contribution >= 0.6 is 0 Å². The van der Waals surface area contributed by atoms with Crippen molar-refractivity contribution in [3.63, 3.8) is 0 Å². The predicted molar refractivity (Wildman–Crippen MR) is 103 cm³/mol. The van der Waals surface area contributed by atoms with Crippen LogP contribution in [0.2, 0.25) is 0 Å². The fraction of sp³-hybridized carbons (Fsp3) is 0.857. The minimum atomic E-state index is -1.23. The molecule has 0 amide bonds. The third-order valence-electron chi connectivity index (χ3n) is 4.61. The fourth-order valence-corrected chi connectivity index (χ4v) is 3.02. The Kier molecular flexibility index (Phi) is 17.6. The molecule has 0 atom stereocenters. The first kappa shape index (κ1) is 23.0. The van der Waals surface area contributed by atoms with Crippen LogP contribution in [0.3, 0.4) is 0 Å². The summed E-state index contributed by atoms with van der Waals surface area (Å²) >= 11 is 0. The molecule has 0 spiro atoms. The van der Waals surface area contributed by atoms with Crippen molar-refractivity contribution in [3.8, 4) is 0 Å². The third-order valence-corrected chi connectivity index (χ3v) is 4.61. The number of aliphatic hydroxyl groups excluding tert-OH is 1. The summed E-state index contributed by atoms with van der Waals surface area (Å²) in [5.41, 5.74) is 0. The third kappa shape index (κ3) is 17.4. The lowest BCUT2D eigenvalue weighted by Gasteiger charge is -2.03. The molecule has 0 rings (SSSR count). The van der Waals surface area contributed by atoms with E-state index < -0.39 is 11.7 Å². The summed E-state index contributed by atoms with van der Waals surface area (Å²) in [6, 6.07) is 0. The van der Waals surface area contributed by atoms with Crippen LogP contribution in [0.25, 0.3) is 0 Å². The largest absolute Gasteiger partial charge is 0.502 e. The lowest BCUT2D eigenvalue weighted by Crippen LogP contribution is -1.98. The van der Waals surface area contributed by atoms with Gasteiger partial charge in [0, 0.05) is 0 Å². The summed E-state index contributed by atoms with van der Waals surface area (Å²) in [7, 11) is 0. The van der Waals surface area contributed by atoms with Crippen LogP contribution < -0.4 is 0 Å². The number of hydrogen-bond acceptors (Lipinski definition) is 2. The lowest BCUT2D eigenvalue weighted by molar-refractivity contribution is -0.135. The number of carboxylic acid groups (broad SMARTS) is 1. The van der Waals surface area contributed by atoms with Crippen LogP contribution in [-0.4, -0.2) is 16.2 Å². The molecule has 24 heavy (non-hydrogen) atoms. The number of aliphatic carboxylic acids is 1. The van der Waals surface area contributed by atoms with Gasteiger partial charge in [-0.2, -0.15) is 0 Å². The van der Waals surface area contributed by atoms with Crippen LogP contribution in [0.15, 0.2) is 11.8 Å². The number of allylic oxidation sites excluding steroid dienone is 1. The van der Waals surface area contributed by atoms with Gasteiger partial charge in [-0.25, -0.2) is 4.79 Å². The molecule has 0 aromatic heterocycles. The van der Waals surface area contributed by atoms with Crippen molar-refractivity contribution in [2.24, 2.45) is 0 Å². The molecule has 0 heterocycles. The van der Waals surface area contributed by atoms with Crippen molar-refractivity contribution in [3.05, 3.63) is 11.8 Å². The van der Waals surface area contributed by atoms with E-state index >= 15 is 0 Å². The smallest absolute Gasteiger partial charge is 0.370 e. The number of rotatable bonds is 18. The van der Waals surface area contributed by atoms with Gasteiger partial charge in [-0.05, 0) is 18.9 Å². The molecule has 0 radical (unpaired) electrons. The SMILES string of the molecule is CCCCCCCCCCCCCCCCCCC=C(O)C(=O)O. The second-order valence-corrected chi connectivity index (χ2v) is 6.99. The van der Waals surface area contributed by atoms with E-state index in [-0.39, 0.29) is 0 Å². The van der Waals surface area contributed by atoms with Crippen molar-refractivity contribution in [2.45, 2.75) is 116 Å². The van der Waals surface area contributed by atoms with Gasteiger partial charge < -0.3 is 10.2 Å². The molecule has 0 aromatic carbocycles. The number of carboxylic acids is 1. The molecule has 0 bridgehead atoms. The maximum absolute atomic E-state index is 10.4.